The summed E-state index contributed by atoms with van der Waals surface area (Å²) in [4.78, 5) is 10.5. The fraction of sp³-hybridized carbons (Fsp3) is 0. The Morgan fingerprint density at radius 2 is 0.929 bits per heavy atom. The third kappa shape index (κ3) is 3.45. The fourth-order valence-electron chi connectivity index (χ4n) is 6.61. The molecule has 0 aliphatic rings. The predicted molar refractivity (Wildman–Crippen MR) is 178 cm³/mol. The molecule has 0 aliphatic carbocycles. The van der Waals surface area contributed by atoms with Crippen molar-refractivity contribution in [2.75, 3.05) is 0 Å². The largest absolute Gasteiger partial charge is 0.244 e. The van der Waals surface area contributed by atoms with Gasteiger partial charge in [-0.15, -0.1) is 0 Å². The molecule has 1 heterocycles. The zero-order valence-electron chi connectivity index (χ0n) is 22.8. The molecule has 0 amide bonds. The van der Waals surface area contributed by atoms with Gasteiger partial charge in [-0.2, -0.15) is 0 Å². The van der Waals surface area contributed by atoms with Gasteiger partial charge in [0.15, 0.2) is 0 Å². The molecule has 0 radical (unpaired) electrons. The molecule has 42 heavy (non-hydrogen) atoms. The lowest BCUT2D eigenvalue weighted by Gasteiger charge is -2.15. The summed E-state index contributed by atoms with van der Waals surface area (Å²) in [6.07, 6.45) is 0. The van der Waals surface area contributed by atoms with Crippen LogP contribution in [-0.4, -0.2) is 9.97 Å². The molecule has 0 unspecified atom stereocenters. The zero-order valence-corrected chi connectivity index (χ0v) is 22.8. The third-order valence-electron chi connectivity index (χ3n) is 8.61. The van der Waals surface area contributed by atoms with Crippen molar-refractivity contribution >= 4 is 64.9 Å². The molecule has 0 bridgehead atoms. The van der Waals surface area contributed by atoms with E-state index in [1.807, 2.05) is 18.2 Å². The van der Waals surface area contributed by atoms with Gasteiger partial charge in [0.25, 0.3) is 0 Å². The number of benzene rings is 8. The second-order valence-corrected chi connectivity index (χ2v) is 11.0. The molecule has 9 aromatic rings. The Hall–Kier alpha value is -5.60. The summed E-state index contributed by atoms with van der Waals surface area (Å²) < 4.78 is 0. The van der Waals surface area contributed by atoms with Crippen molar-refractivity contribution in [3.05, 3.63) is 146 Å². The van der Waals surface area contributed by atoms with Crippen molar-refractivity contribution in [1.82, 2.24) is 9.97 Å². The molecule has 2 heteroatoms. The maximum atomic E-state index is 5.27. The first kappa shape index (κ1) is 23.1. The minimum Gasteiger partial charge on any atom is -0.244 e. The minimum atomic E-state index is 0.895. The average Bonchev–Trinajstić information content (AvgIpc) is 3.06. The molecule has 2 nitrogen and oxygen atoms in total. The Morgan fingerprint density at radius 3 is 1.79 bits per heavy atom. The molecule has 0 N–H and O–H groups in total. The van der Waals surface area contributed by atoms with E-state index < -0.39 is 0 Å². The van der Waals surface area contributed by atoms with Crippen LogP contribution in [0.15, 0.2) is 146 Å². The molecular formula is C40H24N2. The maximum Gasteiger partial charge on any atom is 0.0979 e. The molecule has 0 fully saturated rings. The Kier molecular flexibility index (Phi) is 4.93. The highest BCUT2D eigenvalue weighted by atomic mass is 14.8. The lowest BCUT2D eigenvalue weighted by Crippen LogP contribution is -1.96. The summed E-state index contributed by atoms with van der Waals surface area (Å²) in [5, 5.41) is 12.4. The van der Waals surface area contributed by atoms with Gasteiger partial charge in [0.05, 0.1) is 22.4 Å². The van der Waals surface area contributed by atoms with Gasteiger partial charge in [0.2, 0.25) is 0 Å². The number of aromatic nitrogens is 2. The Balaban J connectivity index is 1.37. The summed E-state index contributed by atoms with van der Waals surface area (Å²) in [6, 6.07) is 52.0. The summed E-state index contributed by atoms with van der Waals surface area (Å²) in [5.41, 5.74) is 5.75. The van der Waals surface area contributed by atoms with Gasteiger partial charge in [0, 0.05) is 11.1 Å². The number of fused-ring (bicyclic) bond motifs is 9. The Bertz CT molecular complexity index is 2530. The lowest BCUT2D eigenvalue weighted by atomic mass is 9.91. The van der Waals surface area contributed by atoms with E-state index in [9.17, 15) is 0 Å². The van der Waals surface area contributed by atoms with Crippen LogP contribution < -0.4 is 0 Å². The summed E-state index contributed by atoms with van der Waals surface area (Å²) in [5.74, 6) is 0. The van der Waals surface area contributed by atoms with Crippen molar-refractivity contribution in [1.29, 1.82) is 0 Å². The first-order valence-electron chi connectivity index (χ1n) is 14.3. The van der Waals surface area contributed by atoms with Crippen LogP contribution in [0.25, 0.3) is 87.4 Å². The van der Waals surface area contributed by atoms with Gasteiger partial charge in [-0.3, -0.25) is 0 Å². The topological polar surface area (TPSA) is 25.8 Å². The standard InChI is InChI=1S/C40H24N2/c1-2-10-28-24-29(17-16-25(28)8-1)39-40(42-37-15-6-5-14-36(37)41-39)35-13-7-12-33-32(35)22-20-27-19-21-31-30-11-4-3-9-26(30)18-23-34(31)38(27)33/h1-24H. The fourth-order valence-corrected chi connectivity index (χ4v) is 6.61. The molecule has 0 saturated carbocycles. The minimum absolute atomic E-state index is 0.895. The number of para-hydroxylation sites is 2. The quantitative estimate of drug-likeness (QED) is 0.207. The monoisotopic (exact) mass is 532 g/mol. The maximum absolute atomic E-state index is 5.27. The van der Waals surface area contributed by atoms with Crippen LogP contribution in [0.4, 0.5) is 0 Å². The molecule has 0 saturated heterocycles. The van der Waals surface area contributed by atoms with E-state index in [0.29, 0.717) is 0 Å². The van der Waals surface area contributed by atoms with Crippen molar-refractivity contribution in [3.8, 4) is 22.5 Å². The zero-order chi connectivity index (χ0) is 27.6. The van der Waals surface area contributed by atoms with Crippen LogP contribution in [0.1, 0.15) is 0 Å². The van der Waals surface area contributed by atoms with Gasteiger partial charge in [-0.05, 0) is 72.1 Å². The van der Waals surface area contributed by atoms with E-state index in [0.717, 1.165) is 33.5 Å². The van der Waals surface area contributed by atoms with Crippen LogP contribution in [0.2, 0.25) is 0 Å². The Morgan fingerprint density at radius 1 is 0.333 bits per heavy atom. The average molecular weight is 533 g/mol. The first-order chi connectivity index (χ1) is 20.8. The van der Waals surface area contributed by atoms with Gasteiger partial charge in [-0.25, -0.2) is 9.97 Å². The van der Waals surface area contributed by atoms with E-state index in [2.05, 4.69) is 127 Å². The Labute approximate surface area is 242 Å². The number of rotatable bonds is 2. The van der Waals surface area contributed by atoms with Gasteiger partial charge in [0.1, 0.15) is 0 Å². The van der Waals surface area contributed by atoms with Crippen molar-refractivity contribution in [2.24, 2.45) is 0 Å². The van der Waals surface area contributed by atoms with Crippen LogP contribution >= 0.6 is 0 Å². The van der Waals surface area contributed by atoms with Crippen LogP contribution in [0.5, 0.6) is 0 Å². The van der Waals surface area contributed by atoms with Crippen molar-refractivity contribution < 1.29 is 0 Å². The summed E-state index contributed by atoms with van der Waals surface area (Å²) in [6.45, 7) is 0. The predicted octanol–water partition coefficient (Wildman–Crippen LogP) is 10.7. The highest BCUT2D eigenvalue weighted by Crippen LogP contribution is 2.40. The van der Waals surface area contributed by atoms with Crippen LogP contribution in [0.3, 0.4) is 0 Å². The van der Waals surface area contributed by atoms with E-state index >= 15 is 0 Å². The molecular weight excluding hydrogens is 508 g/mol. The molecule has 194 valence electrons. The molecule has 9 rings (SSSR count). The van der Waals surface area contributed by atoms with Crippen LogP contribution in [0, 0.1) is 0 Å². The van der Waals surface area contributed by atoms with E-state index in [1.54, 1.807) is 0 Å². The molecule has 0 atom stereocenters. The highest BCUT2D eigenvalue weighted by molar-refractivity contribution is 6.26. The lowest BCUT2D eigenvalue weighted by molar-refractivity contribution is 1.30. The first-order valence-corrected chi connectivity index (χ1v) is 14.3. The highest BCUT2D eigenvalue weighted by Gasteiger charge is 2.17. The van der Waals surface area contributed by atoms with Crippen LogP contribution in [-0.2, 0) is 0 Å². The number of hydrogen-bond acceptors (Lipinski definition) is 2. The van der Waals surface area contributed by atoms with Gasteiger partial charge >= 0.3 is 0 Å². The number of nitrogens with zero attached hydrogens (tertiary/aromatic N) is 2. The second-order valence-electron chi connectivity index (χ2n) is 11.0. The molecule has 0 spiro atoms. The molecule has 0 aliphatic heterocycles. The van der Waals surface area contributed by atoms with E-state index in [1.165, 1.54) is 53.9 Å². The van der Waals surface area contributed by atoms with Gasteiger partial charge in [-0.1, -0.05) is 127 Å². The van der Waals surface area contributed by atoms with Crippen molar-refractivity contribution in [3.63, 3.8) is 0 Å². The summed E-state index contributed by atoms with van der Waals surface area (Å²) >= 11 is 0. The molecule has 1 aromatic heterocycles. The second kappa shape index (κ2) is 8.95. The summed E-state index contributed by atoms with van der Waals surface area (Å²) in [7, 11) is 0. The normalized spacial score (nSPS) is 11.8. The van der Waals surface area contributed by atoms with E-state index in [-0.39, 0.29) is 0 Å². The smallest absolute Gasteiger partial charge is 0.0979 e. The third-order valence-corrected chi connectivity index (χ3v) is 8.61. The van der Waals surface area contributed by atoms with E-state index in [4.69, 9.17) is 9.97 Å². The number of hydrogen-bond donors (Lipinski definition) is 0. The van der Waals surface area contributed by atoms with Crippen molar-refractivity contribution in [2.45, 2.75) is 0 Å². The van der Waals surface area contributed by atoms with Gasteiger partial charge < -0.3 is 0 Å². The SMILES string of the molecule is c1ccc2cc(-c3nc4ccccc4nc3-c3cccc4c3ccc3ccc5c6ccccc6ccc5c34)ccc2c1. The molecule has 8 aromatic carbocycles.